The number of thiazole rings is 1. The summed E-state index contributed by atoms with van der Waals surface area (Å²) in [6.07, 6.45) is 0. The lowest BCUT2D eigenvalue weighted by Gasteiger charge is -2.17. The van der Waals surface area contributed by atoms with Gasteiger partial charge < -0.3 is 5.32 Å². The van der Waals surface area contributed by atoms with Crippen LogP contribution in [0.25, 0.3) is 0 Å². The van der Waals surface area contributed by atoms with E-state index in [1.165, 1.54) is 0 Å². The number of hydrogen-bond donors (Lipinski definition) is 1. The van der Waals surface area contributed by atoms with Gasteiger partial charge in [0.05, 0.1) is 11.2 Å². The zero-order valence-electron chi connectivity index (χ0n) is 9.45. The lowest BCUT2D eigenvalue weighted by Crippen LogP contribution is -2.29. The Hall–Kier alpha value is -0.260. The van der Waals surface area contributed by atoms with Gasteiger partial charge in [0.15, 0.2) is 0 Å². The third-order valence-electron chi connectivity index (χ3n) is 1.94. The molecule has 86 valence electrons. The van der Waals surface area contributed by atoms with E-state index in [2.05, 4.69) is 10.3 Å². The number of hydrogen-bond acceptors (Lipinski definition) is 4. The van der Waals surface area contributed by atoms with Crippen molar-refractivity contribution in [3.63, 3.8) is 0 Å². The van der Waals surface area contributed by atoms with E-state index < -0.39 is 10.8 Å². The molecule has 0 fully saturated rings. The maximum atomic E-state index is 11.7. The number of rotatable bonds is 5. The van der Waals surface area contributed by atoms with Crippen molar-refractivity contribution >= 4 is 22.1 Å². The van der Waals surface area contributed by atoms with Crippen molar-refractivity contribution in [3.05, 3.63) is 16.6 Å². The Balaban J connectivity index is 2.15. The number of nitrogens with one attached hydrogen (secondary N) is 1. The van der Waals surface area contributed by atoms with E-state index in [4.69, 9.17) is 0 Å². The van der Waals surface area contributed by atoms with Crippen LogP contribution in [0.2, 0.25) is 0 Å². The Bertz CT molecular complexity index is 304. The van der Waals surface area contributed by atoms with Crippen molar-refractivity contribution in [1.29, 1.82) is 0 Å². The molecule has 5 heteroatoms. The van der Waals surface area contributed by atoms with Crippen LogP contribution in [0, 0.1) is 0 Å². The second kappa shape index (κ2) is 5.72. The normalized spacial score (nSPS) is 14.1. The van der Waals surface area contributed by atoms with Crippen LogP contribution >= 0.6 is 11.3 Å². The topological polar surface area (TPSA) is 42.0 Å². The molecule has 1 aromatic rings. The molecule has 0 saturated heterocycles. The lowest BCUT2D eigenvalue weighted by molar-refractivity contribution is 0.640. The van der Waals surface area contributed by atoms with Gasteiger partial charge in [-0.05, 0) is 20.8 Å². The fourth-order valence-corrected chi connectivity index (χ4v) is 2.51. The molecular formula is C10H18N2OS2. The first-order chi connectivity index (χ1) is 7.00. The van der Waals surface area contributed by atoms with E-state index in [9.17, 15) is 4.21 Å². The molecule has 1 aromatic heterocycles. The second-order valence-electron chi connectivity index (χ2n) is 4.32. The molecule has 0 aromatic carbocycles. The molecule has 1 rings (SSSR count). The van der Waals surface area contributed by atoms with Gasteiger partial charge in [0, 0.05) is 39.8 Å². The SMILES string of the molecule is CC(C)(C)S(=O)CCNCc1cscn1. The Morgan fingerprint density at radius 1 is 1.53 bits per heavy atom. The van der Waals surface area contributed by atoms with E-state index >= 15 is 0 Å². The van der Waals surface area contributed by atoms with Crippen molar-refractivity contribution in [3.8, 4) is 0 Å². The molecule has 1 heterocycles. The largest absolute Gasteiger partial charge is 0.310 e. The molecule has 3 nitrogen and oxygen atoms in total. The summed E-state index contributed by atoms with van der Waals surface area (Å²) in [5.41, 5.74) is 2.88. The first kappa shape index (κ1) is 12.8. The van der Waals surface area contributed by atoms with Crippen molar-refractivity contribution in [2.45, 2.75) is 32.1 Å². The van der Waals surface area contributed by atoms with Gasteiger partial charge in [-0.1, -0.05) is 0 Å². The highest BCUT2D eigenvalue weighted by molar-refractivity contribution is 7.86. The Morgan fingerprint density at radius 2 is 2.27 bits per heavy atom. The Labute approximate surface area is 97.8 Å². The third kappa shape index (κ3) is 4.86. The van der Waals surface area contributed by atoms with E-state index in [1.807, 2.05) is 31.7 Å². The van der Waals surface area contributed by atoms with Crippen molar-refractivity contribution < 1.29 is 4.21 Å². The highest BCUT2D eigenvalue weighted by Gasteiger charge is 2.18. The van der Waals surface area contributed by atoms with Gasteiger partial charge >= 0.3 is 0 Å². The quantitative estimate of drug-likeness (QED) is 0.805. The van der Waals surface area contributed by atoms with Crippen molar-refractivity contribution in [2.75, 3.05) is 12.3 Å². The van der Waals surface area contributed by atoms with Gasteiger partial charge in [-0.25, -0.2) is 4.98 Å². The average molecular weight is 246 g/mol. The van der Waals surface area contributed by atoms with Crippen LogP contribution in [0.15, 0.2) is 10.9 Å². The van der Waals surface area contributed by atoms with Crippen LogP contribution in [0.1, 0.15) is 26.5 Å². The van der Waals surface area contributed by atoms with Gasteiger partial charge in [-0.3, -0.25) is 4.21 Å². The first-order valence-electron chi connectivity index (χ1n) is 4.96. The predicted molar refractivity (Wildman–Crippen MR) is 66.6 cm³/mol. The Morgan fingerprint density at radius 3 is 2.80 bits per heavy atom. The molecule has 0 spiro atoms. The third-order valence-corrected chi connectivity index (χ3v) is 4.51. The van der Waals surface area contributed by atoms with Crippen molar-refractivity contribution in [2.24, 2.45) is 0 Å². The van der Waals surface area contributed by atoms with Crippen molar-refractivity contribution in [1.82, 2.24) is 10.3 Å². The van der Waals surface area contributed by atoms with Gasteiger partial charge in [0.25, 0.3) is 0 Å². The van der Waals surface area contributed by atoms with Crippen LogP contribution < -0.4 is 5.32 Å². The summed E-state index contributed by atoms with van der Waals surface area (Å²) in [4.78, 5) is 4.16. The molecule has 0 aliphatic heterocycles. The minimum Gasteiger partial charge on any atom is -0.310 e. The fraction of sp³-hybridized carbons (Fsp3) is 0.700. The molecule has 0 aliphatic rings. The summed E-state index contributed by atoms with van der Waals surface area (Å²) in [5.74, 6) is 0.702. The molecule has 0 aliphatic carbocycles. The zero-order valence-corrected chi connectivity index (χ0v) is 11.1. The molecule has 1 unspecified atom stereocenters. The standard InChI is InChI=1S/C10H18N2OS2/c1-10(2,3)15(13)5-4-11-6-9-7-14-8-12-9/h7-8,11H,4-6H2,1-3H3. The molecule has 1 atom stereocenters. The van der Waals surface area contributed by atoms with E-state index in [1.54, 1.807) is 11.3 Å². The zero-order chi connectivity index (χ0) is 11.3. The summed E-state index contributed by atoms with van der Waals surface area (Å²) in [7, 11) is -0.766. The summed E-state index contributed by atoms with van der Waals surface area (Å²) in [5, 5.41) is 5.26. The highest BCUT2D eigenvalue weighted by Crippen LogP contribution is 2.10. The van der Waals surface area contributed by atoms with Crippen LogP contribution in [0.3, 0.4) is 0 Å². The number of nitrogens with zero attached hydrogens (tertiary/aromatic N) is 1. The smallest absolute Gasteiger partial charge is 0.0795 e. The van der Waals surface area contributed by atoms with Gasteiger partial charge in [0.2, 0.25) is 0 Å². The summed E-state index contributed by atoms with van der Waals surface area (Å²) in [6.45, 7) is 7.56. The average Bonchev–Trinajstić information content (AvgIpc) is 2.63. The highest BCUT2D eigenvalue weighted by atomic mass is 32.2. The molecule has 0 radical (unpaired) electrons. The molecule has 0 bridgehead atoms. The molecular weight excluding hydrogens is 228 g/mol. The molecule has 1 N–H and O–H groups in total. The lowest BCUT2D eigenvalue weighted by atomic mass is 10.3. The van der Waals surface area contributed by atoms with Gasteiger partial charge in [-0.15, -0.1) is 11.3 Å². The monoisotopic (exact) mass is 246 g/mol. The first-order valence-corrected chi connectivity index (χ1v) is 7.22. The van der Waals surface area contributed by atoms with Crippen LogP contribution in [0.5, 0.6) is 0 Å². The minimum absolute atomic E-state index is 0.109. The maximum Gasteiger partial charge on any atom is 0.0795 e. The minimum atomic E-state index is -0.766. The summed E-state index contributed by atoms with van der Waals surface area (Å²) < 4.78 is 11.6. The van der Waals surface area contributed by atoms with E-state index in [0.29, 0.717) is 5.75 Å². The summed E-state index contributed by atoms with van der Waals surface area (Å²) >= 11 is 1.60. The van der Waals surface area contributed by atoms with E-state index in [0.717, 1.165) is 18.8 Å². The number of aromatic nitrogens is 1. The van der Waals surface area contributed by atoms with Crippen LogP contribution in [-0.2, 0) is 17.3 Å². The Kier molecular flexibility index (Phi) is 4.89. The van der Waals surface area contributed by atoms with Crippen LogP contribution in [-0.4, -0.2) is 26.2 Å². The molecule has 0 saturated carbocycles. The van der Waals surface area contributed by atoms with Crippen LogP contribution in [0.4, 0.5) is 0 Å². The van der Waals surface area contributed by atoms with Gasteiger partial charge in [-0.2, -0.15) is 0 Å². The van der Waals surface area contributed by atoms with Gasteiger partial charge in [0.1, 0.15) is 0 Å². The second-order valence-corrected chi connectivity index (χ2v) is 7.36. The molecule has 0 amide bonds. The van der Waals surface area contributed by atoms with E-state index in [-0.39, 0.29) is 4.75 Å². The summed E-state index contributed by atoms with van der Waals surface area (Å²) in [6, 6.07) is 0. The fourth-order valence-electron chi connectivity index (χ4n) is 1.01. The maximum absolute atomic E-state index is 11.7. The predicted octanol–water partition coefficient (Wildman–Crippen LogP) is 1.78. The molecule has 15 heavy (non-hydrogen) atoms.